The number of aromatic nitrogens is 3. The quantitative estimate of drug-likeness (QED) is 0.536. The summed E-state index contributed by atoms with van der Waals surface area (Å²) in [4.78, 5) is 4.49. The Morgan fingerprint density at radius 2 is 1.59 bits per heavy atom. The summed E-state index contributed by atoms with van der Waals surface area (Å²) in [5.74, 6) is 0. The minimum absolute atomic E-state index is 0.721. The van der Waals surface area contributed by atoms with Gasteiger partial charge < -0.3 is 0 Å². The van der Waals surface area contributed by atoms with Crippen LogP contribution in [-0.4, -0.2) is 14.6 Å². The summed E-state index contributed by atoms with van der Waals surface area (Å²) in [5, 5.41) is 5.24. The van der Waals surface area contributed by atoms with E-state index in [-0.39, 0.29) is 0 Å². The third-order valence-electron chi connectivity index (χ3n) is 3.63. The van der Waals surface area contributed by atoms with Gasteiger partial charge in [0.1, 0.15) is 0 Å². The van der Waals surface area contributed by atoms with Crippen LogP contribution >= 0.6 is 11.6 Å². The van der Waals surface area contributed by atoms with Crippen molar-refractivity contribution in [3.05, 3.63) is 78.1 Å². The average Bonchev–Trinajstić information content (AvgIpc) is 3.00. The Bertz CT molecular complexity index is 928. The molecule has 0 unspecified atom stereocenters. The second-order valence-electron chi connectivity index (χ2n) is 5.00. The largest absolute Gasteiger partial charge is 0.236 e. The molecule has 2 aromatic carbocycles. The maximum atomic E-state index is 5.96. The fraction of sp³-hybridized carbons (Fsp3) is 0. The van der Waals surface area contributed by atoms with Gasteiger partial charge in [-0.05, 0) is 23.8 Å². The van der Waals surface area contributed by atoms with Crippen molar-refractivity contribution in [2.75, 3.05) is 0 Å². The maximum Gasteiger partial charge on any atom is 0.163 e. The highest BCUT2D eigenvalue weighted by Gasteiger charge is 2.11. The lowest BCUT2D eigenvalue weighted by molar-refractivity contribution is 0.948. The van der Waals surface area contributed by atoms with Crippen LogP contribution in [0, 0.1) is 0 Å². The number of nitrogens with zero attached hydrogens (tertiary/aromatic N) is 3. The first kappa shape index (κ1) is 13.0. The van der Waals surface area contributed by atoms with Gasteiger partial charge >= 0.3 is 0 Å². The molecule has 0 saturated carbocycles. The van der Waals surface area contributed by atoms with Crippen LogP contribution in [0.2, 0.25) is 5.02 Å². The topological polar surface area (TPSA) is 30.2 Å². The monoisotopic (exact) mass is 305 g/mol. The van der Waals surface area contributed by atoms with Crippen molar-refractivity contribution >= 4 is 17.2 Å². The Kier molecular flexibility index (Phi) is 3.13. The van der Waals surface area contributed by atoms with Gasteiger partial charge in [0.2, 0.25) is 0 Å². The first-order chi connectivity index (χ1) is 10.8. The molecule has 0 aliphatic heterocycles. The number of fused-ring (bicyclic) bond motifs is 1. The predicted octanol–water partition coefficient (Wildman–Crippen LogP) is 4.72. The van der Waals surface area contributed by atoms with E-state index in [2.05, 4.69) is 22.2 Å². The molecule has 0 aliphatic rings. The zero-order chi connectivity index (χ0) is 14.9. The first-order valence-corrected chi connectivity index (χ1v) is 7.35. The summed E-state index contributed by atoms with van der Waals surface area (Å²) < 4.78 is 1.87. The van der Waals surface area contributed by atoms with E-state index in [1.807, 2.05) is 65.4 Å². The highest BCUT2D eigenvalue weighted by Crippen LogP contribution is 2.27. The van der Waals surface area contributed by atoms with E-state index in [0.29, 0.717) is 0 Å². The van der Waals surface area contributed by atoms with E-state index in [0.717, 1.165) is 33.1 Å². The summed E-state index contributed by atoms with van der Waals surface area (Å²) in [6.07, 6.45) is 3.66. The lowest BCUT2D eigenvalue weighted by atomic mass is 10.1. The van der Waals surface area contributed by atoms with Crippen LogP contribution < -0.4 is 0 Å². The number of halogens is 1. The van der Waals surface area contributed by atoms with Crippen molar-refractivity contribution in [1.29, 1.82) is 0 Å². The predicted molar refractivity (Wildman–Crippen MR) is 88.9 cm³/mol. The van der Waals surface area contributed by atoms with Crippen LogP contribution in [0.15, 0.2) is 73.1 Å². The molecule has 0 radical (unpaired) electrons. The van der Waals surface area contributed by atoms with Gasteiger partial charge in [-0.1, -0.05) is 54.1 Å². The van der Waals surface area contributed by atoms with E-state index in [1.54, 1.807) is 0 Å². The van der Waals surface area contributed by atoms with Gasteiger partial charge in [0.25, 0.3) is 0 Å². The van der Waals surface area contributed by atoms with Crippen molar-refractivity contribution in [3.63, 3.8) is 0 Å². The lowest BCUT2D eigenvalue weighted by Crippen LogP contribution is -1.95. The van der Waals surface area contributed by atoms with Crippen LogP contribution in [0.25, 0.3) is 28.0 Å². The van der Waals surface area contributed by atoms with Gasteiger partial charge in [0.15, 0.2) is 5.65 Å². The van der Waals surface area contributed by atoms with Crippen LogP contribution in [0.3, 0.4) is 0 Å². The van der Waals surface area contributed by atoms with Crippen molar-refractivity contribution in [2.45, 2.75) is 0 Å². The molecule has 0 amide bonds. The number of hydrogen-bond acceptors (Lipinski definition) is 2. The van der Waals surface area contributed by atoms with Crippen molar-refractivity contribution in [1.82, 2.24) is 14.6 Å². The number of hydrogen-bond donors (Lipinski definition) is 0. The van der Waals surface area contributed by atoms with Crippen molar-refractivity contribution in [2.24, 2.45) is 0 Å². The summed E-state index contributed by atoms with van der Waals surface area (Å²) in [7, 11) is 0. The molecule has 4 aromatic rings. The zero-order valence-electron chi connectivity index (χ0n) is 11.6. The van der Waals surface area contributed by atoms with E-state index in [1.165, 1.54) is 0 Å². The molecule has 0 aliphatic carbocycles. The summed E-state index contributed by atoms with van der Waals surface area (Å²) in [6, 6.07) is 19.9. The van der Waals surface area contributed by atoms with E-state index in [4.69, 9.17) is 11.6 Å². The van der Waals surface area contributed by atoms with E-state index < -0.39 is 0 Å². The molecule has 2 aromatic heterocycles. The Morgan fingerprint density at radius 1 is 0.818 bits per heavy atom. The number of benzene rings is 2. The van der Waals surface area contributed by atoms with Crippen LogP contribution in [0.1, 0.15) is 0 Å². The molecule has 0 spiro atoms. The maximum absolute atomic E-state index is 5.96. The average molecular weight is 306 g/mol. The summed E-state index contributed by atoms with van der Waals surface area (Å²) in [5.41, 5.74) is 5.02. The Labute approximate surface area is 132 Å². The molecular formula is C18H12ClN3. The Hall–Kier alpha value is -2.65. The highest BCUT2D eigenvalue weighted by atomic mass is 35.5. The third-order valence-corrected chi connectivity index (χ3v) is 3.88. The van der Waals surface area contributed by atoms with Gasteiger partial charge in [-0.25, -0.2) is 9.50 Å². The van der Waals surface area contributed by atoms with Crippen LogP contribution in [-0.2, 0) is 0 Å². The summed E-state index contributed by atoms with van der Waals surface area (Å²) >= 11 is 5.96. The molecule has 0 atom stereocenters. The standard InChI is InChI=1S/C18H12ClN3/c19-15-8-6-13(7-9-15)16-12-21-22-17(10-11-20-18(16)22)14-4-2-1-3-5-14/h1-12H. The minimum atomic E-state index is 0.721. The van der Waals surface area contributed by atoms with Gasteiger partial charge in [-0.2, -0.15) is 5.10 Å². The fourth-order valence-corrected chi connectivity index (χ4v) is 2.68. The smallest absolute Gasteiger partial charge is 0.163 e. The lowest BCUT2D eigenvalue weighted by Gasteiger charge is -2.05. The van der Waals surface area contributed by atoms with Crippen LogP contribution in [0.5, 0.6) is 0 Å². The molecule has 106 valence electrons. The minimum Gasteiger partial charge on any atom is -0.236 e. The molecule has 0 fully saturated rings. The van der Waals surface area contributed by atoms with Gasteiger partial charge in [0.05, 0.1) is 11.9 Å². The number of rotatable bonds is 2. The molecule has 4 heteroatoms. The zero-order valence-corrected chi connectivity index (χ0v) is 12.4. The van der Waals surface area contributed by atoms with Crippen LogP contribution in [0.4, 0.5) is 0 Å². The van der Waals surface area contributed by atoms with E-state index in [9.17, 15) is 0 Å². The third kappa shape index (κ3) is 2.16. The first-order valence-electron chi connectivity index (χ1n) is 6.97. The van der Waals surface area contributed by atoms with Gasteiger partial charge in [-0.3, -0.25) is 0 Å². The molecular weight excluding hydrogens is 294 g/mol. The van der Waals surface area contributed by atoms with Crippen molar-refractivity contribution < 1.29 is 0 Å². The highest BCUT2D eigenvalue weighted by molar-refractivity contribution is 6.30. The van der Waals surface area contributed by atoms with Crippen molar-refractivity contribution in [3.8, 4) is 22.4 Å². The molecule has 22 heavy (non-hydrogen) atoms. The van der Waals surface area contributed by atoms with E-state index >= 15 is 0 Å². The molecule has 0 saturated heterocycles. The second-order valence-corrected chi connectivity index (χ2v) is 5.43. The Balaban J connectivity index is 1.92. The van der Waals surface area contributed by atoms with Gasteiger partial charge in [0, 0.05) is 22.3 Å². The normalized spacial score (nSPS) is 11.0. The molecule has 0 bridgehead atoms. The Morgan fingerprint density at radius 3 is 2.36 bits per heavy atom. The fourth-order valence-electron chi connectivity index (χ4n) is 2.55. The molecule has 4 rings (SSSR count). The second kappa shape index (κ2) is 5.28. The molecule has 2 heterocycles. The molecule has 0 N–H and O–H groups in total. The van der Waals surface area contributed by atoms with Gasteiger partial charge in [-0.15, -0.1) is 0 Å². The molecule has 3 nitrogen and oxygen atoms in total. The SMILES string of the molecule is Clc1ccc(-c2cnn3c(-c4ccccc4)ccnc23)cc1. The summed E-state index contributed by atoms with van der Waals surface area (Å²) in [6.45, 7) is 0.